The average molecular weight is 345 g/mol. The zero-order valence-electron chi connectivity index (χ0n) is 14.8. The minimum Gasteiger partial charge on any atom is -0.346 e. The molecule has 0 bridgehead atoms. The van der Waals surface area contributed by atoms with Crippen LogP contribution in [0.25, 0.3) is 22.2 Å². The Kier molecular flexibility index (Phi) is 4.57. The van der Waals surface area contributed by atoms with E-state index in [1.165, 1.54) is 22.8 Å². The molecule has 1 N–H and O–H groups in total. The number of pyridine rings is 1. The van der Waals surface area contributed by atoms with Crippen LogP contribution in [0.1, 0.15) is 18.4 Å². The molecule has 0 saturated carbocycles. The fourth-order valence-corrected chi connectivity index (χ4v) is 3.91. The van der Waals surface area contributed by atoms with Gasteiger partial charge in [0.2, 0.25) is 5.91 Å². The zero-order chi connectivity index (χ0) is 17.9. The number of carbonyl (C=O) groups is 1. The SMILES string of the molecule is C=CC(=O)N1CCC[C@@H](Cc2cnc3[nH]cc(-c4ccccc4)c3c2)C1. The number of H-pyrrole nitrogens is 1. The Labute approximate surface area is 153 Å². The predicted molar refractivity (Wildman–Crippen MR) is 105 cm³/mol. The molecule has 1 amide bonds. The van der Waals surface area contributed by atoms with E-state index in [9.17, 15) is 4.79 Å². The van der Waals surface area contributed by atoms with E-state index in [-0.39, 0.29) is 5.91 Å². The number of aromatic amines is 1. The van der Waals surface area contributed by atoms with E-state index in [2.05, 4.69) is 46.9 Å². The summed E-state index contributed by atoms with van der Waals surface area (Å²) in [7, 11) is 0. The van der Waals surface area contributed by atoms with Gasteiger partial charge in [0.15, 0.2) is 0 Å². The van der Waals surface area contributed by atoms with Crippen molar-refractivity contribution in [1.29, 1.82) is 0 Å². The standard InChI is InChI=1S/C22H23N3O/c1-2-21(26)25-10-6-7-16(15-25)11-17-12-19-20(14-24-22(19)23-13-17)18-8-4-3-5-9-18/h2-5,8-9,12-14,16H,1,6-7,10-11,15H2,(H,23,24)/t16-/m0/s1. The maximum absolute atomic E-state index is 11.9. The van der Waals surface area contributed by atoms with E-state index in [0.29, 0.717) is 5.92 Å². The van der Waals surface area contributed by atoms with Crippen molar-refractivity contribution in [2.75, 3.05) is 13.1 Å². The van der Waals surface area contributed by atoms with Crippen LogP contribution in [0.15, 0.2) is 61.4 Å². The molecule has 3 heterocycles. The van der Waals surface area contributed by atoms with Crippen molar-refractivity contribution in [3.05, 3.63) is 67.0 Å². The summed E-state index contributed by atoms with van der Waals surface area (Å²) in [5, 5.41) is 1.16. The van der Waals surface area contributed by atoms with Gasteiger partial charge in [-0.3, -0.25) is 4.79 Å². The lowest BCUT2D eigenvalue weighted by Gasteiger charge is -2.32. The third-order valence-electron chi connectivity index (χ3n) is 5.20. The molecule has 26 heavy (non-hydrogen) atoms. The number of nitrogens with zero attached hydrogens (tertiary/aromatic N) is 2. The number of piperidine rings is 1. The van der Waals surface area contributed by atoms with Crippen LogP contribution in [-0.4, -0.2) is 33.9 Å². The average Bonchev–Trinajstić information content (AvgIpc) is 3.11. The van der Waals surface area contributed by atoms with Gasteiger partial charge in [0, 0.05) is 36.4 Å². The summed E-state index contributed by atoms with van der Waals surface area (Å²) in [5.74, 6) is 0.520. The first-order chi connectivity index (χ1) is 12.7. The number of benzene rings is 1. The molecule has 4 heteroatoms. The predicted octanol–water partition coefficient (Wildman–Crippen LogP) is 4.20. The summed E-state index contributed by atoms with van der Waals surface area (Å²) < 4.78 is 0. The number of hydrogen-bond acceptors (Lipinski definition) is 2. The number of hydrogen-bond donors (Lipinski definition) is 1. The Hall–Kier alpha value is -2.88. The summed E-state index contributed by atoms with van der Waals surface area (Å²) in [6.45, 7) is 5.26. The summed E-state index contributed by atoms with van der Waals surface area (Å²) in [6.07, 6.45) is 8.56. The number of carbonyl (C=O) groups excluding carboxylic acids is 1. The summed E-state index contributed by atoms with van der Waals surface area (Å²) in [4.78, 5) is 21.7. The number of aromatic nitrogens is 2. The van der Waals surface area contributed by atoms with Gasteiger partial charge in [-0.05, 0) is 48.4 Å². The second-order valence-electron chi connectivity index (χ2n) is 7.01. The molecule has 1 aromatic carbocycles. The smallest absolute Gasteiger partial charge is 0.245 e. The molecule has 1 saturated heterocycles. The van der Waals surface area contributed by atoms with Crippen molar-refractivity contribution in [3.8, 4) is 11.1 Å². The molecular formula is C22H23N3O. The molecule has 0 unspecified atom stereocenters. The first-order valence-electron chi connectivity index (χ1n) is 9.17. The van der Waals surface area contributed by atoms with Gasteiger partial charge >= 0.3 is 0 Å². The third kappa shape index (κ3) is 3.27. The first-order valence-corrected chi connectivity index (χ1v) is 9.17. The van der Waals surface area contributed by atoms with Gasteiger partial charge in [0.05, 0.1) is 0 Å². The van der Waals surface area contributed by atoms with Gasteiger partial charge in [0.25, 0.3) is 0 Å². The van der Waals surface area contributed by atoms with Crippen molar-refractivity contribution in [1.82, 2.24) is 14.9 Å². The quantitative estimate of drug-likeness (QED) is 0.721. The van der Waals surface area contributed by atoms with Crippen LogP contribution < -0.4 is 0 Å². The van der Waals surface area contributed by atoms with Crippen molar-refractivity contribution in [3.63, 3.8) is 0 Å². The largest absolute Gasteiger partial charge is 0.346 e. The molecule has 2 aromatic heterocycles. The highest BCUT2D eigenvalue weighted by molar-refractivity contribution is 5.93. The molecule has 1 fully saturated rings. The lowest BCUT2D eigenvalue weighted by atomic mass is 9.91. The molecule has 0 spiro atoms. The van der Waals surface area contributed by atoms with Crippen molar-refractivity contribution in [2.24, 2.45) is 5.92 Å². The van der Waals surface area contributed by atoms with Crippen molar-refractivity contribution < 1.29 is 4.79 Å². The molecule has 1 atom stereocenters. The van der Waals surface area contributed by atoms with Crippen LogP contribution in [0.5, 0.6) is 0 Å². The van der Waals surface area contributed by atoms with E-state index >= 15 is 0 Å². The highest BCUT2D eigenvalue weighted by Gasteiger charge is 2.22. The molecule has 4 nitrogen and oxygen atoms in total. The van der Waals surface area contributed by atoms with Crippen LogP contribution in [0.3, 0.4) is 0 Å². The topological polar surface area (TPSA) is 49.0 Å². The van der Waals surface area contributed by atoms with Gasteiger partial charge in [-0.25, -0.2) is 4.98 Å². The Morgan fingerprint density at radius 3 is 3.00 bits per heavy atom. The lowest BCUT2D eigenvalue weighted by molar-refractivity contribution is -0.127. The van der Waals surface area contributed by atoms with Crippen LogP contribution in [0, 0.1) is 5.92 Å². The van der Waals surface area contributed by atoms with E-state index in [4.69, 9.17) is 0 Å². The number of amides is 1. The molecule has 0 radical (unpaired) electrons. The zero-order valence-corrected chi connectivity index (χ0v) is 14.8. The van der Waals surface area contributed by atoms with Crippen LogP contribution >= 0.6 is 0 Å². The molecule has 132 valence electrons. The number of fused-ring (bicyclic) bond motifs is 1. The van der Waals surface area contributed by atoms with Crippen molar-refractivity contribution >= 4 is 16.9 Å². The van der Waals surface area contributed by atoms with Gasteiger partial charge < -0.3 is 9.88 Å². The highest BCUT2D eigenvalue weighted by atomic mass is 16.2. The minimum atomic E-state index is 0.0419. The molecule has 0 aliphatic carbocycles. The number of nitrogens with one attached hydrogen (secondary N) is 1. The molecule has 1 aliphatic rings. The Morgan fingerprint density at radius 1 is 1.35 bits per heavy atom. The fourth-order valence-electron chi connectivity index (χ4n) is 3.91. The van der Waals surface area contributed by atoms with E-state index in [0.717, 1.165) is 43.4 Å². The minimum absolute atomic E-state index is 0.0419. The van der Waals surface area contributed by atoms with E-state index in [1.807, 2.05) is 23.4 Å². The van der Waals surface area contributed by atoms with Crippen LogP contribution in [0.2, 0.25) is 0 Å². The number of rotatable bonds is 4. The van der Waals surface area contributed by atoms with Gasteiger partial charge in [-0.1, -0.05) is 36.9 Å². The lowest BCUT2D eigenvalue weighted by Crippen LogP contribution is -2.39. The Balaban J connectivity index is 1.58. The first kappa shape index (κ1) is 16.6. The molecule has 1 aliphatic heterocycles. The van der Waals surface area contributed by atoms with Gasteiger partial charge in [-0.15, -0.1) is 0 Å². The summed E-state index contributed by atoms with van der Waals surface area (Å²) >= 11 is 0. The Bertz CT molecular complexity index is 929. The molecule has 4 rings (SSSR count). The monoisotopic (exact) mass is 345 g/mol. The molecular weight excluding hydrogens is 322 g/mol. The maximum Gasteiger partial charge on any atom is 0.245 e. The fraction of sp³-hybridized carbons (Fsp3) is 0.273. The van der Waals surface area contributed by atoms with Crippen LogP contribution in [0.4, 0.5) is 0 Å². The second kappa shape index (κ2) is 7.16. The highest BCUT2D eigenvalue weighted by Crippen LogP contribution is 2.29. The number of likely N-dealkylation sites (tertiary alicyclic amines) is 1. The second-order valence-corrected chi connectivity index (χ2v) is 7.01. The van der Waals surface area contributed by atoms with Gasteiger partial charge in [-0.2, -0.15) is 0 Å². The third-order valence-corrected chi connectivity index (χ3v) is 5.20. The van der Waals surface area contributed by atoms with Crippen LogP contribution in [-0.2, 0) is 11.2 Å². The maximum atomic E-state index is 11.9. The van der Waals surface area contributed by atoms with Crippen molar-refractivity contribution in [2.45, 2.75) is 19.3 Å². The van der Waals surface area contributed by atoms with E-state index < -0.39 is 0 Å². The summed E-state index contributed by atoms with van der Waals surface area (Å²) in [5.41, 5.74) is 4.52. The normalized spacial score (nSPS) is 17.4. The Morgan fingerprint density at radius 2 is 2.19 bits per heavy atom. The molecule has 3 aromatic rings. The summed E-state index contributed by atoms with van der Waals surface area (Å²) in [6, 6.07) is 12.6. The van der Waals surface area contributed by atoms with Gasteiger partial charge in [0.1, 0.15) is 5.65 Å². The van der Waals surface area contributed by atoms with E-state index in [1.54, 1.807) is 0 Å².